The van der Waals surface area contributed by atoms with Crippen molar-refractivity contribution in [2.45, 2.75) is 52.6 Å². The molecule has 3 rings (SSSR count). The molecule has 1 saturated heterocycles. The number of rotatable bonds is 4. The molecule has 130 valence electrons. The molecule has 3 heterocycles. The number of anilines is 1. The van der Waals surface area contributed by atoms with Crippen molar-refractivity contribution in [3.63, 3.8) is 0 Å². The number of amides is 1. The lowest BCUT2D eigenvalue weighted by Crippen LogP contribution is -2.41. The van der Waals surface area contributed by atoms with Gasteiger partial charge in [0.15, 0.2) is 5.82 Å². The van der Waals surface area contributed by atoms with Gasteiger partial charge in [-0.25, -0.2) is 0 Å². The Bertz CT molecular complexity index is 748. The minimum atomic E-state index is -0.242. The summed E-state index contributed by atoms with van der Waals surface area (Å²) in [7, 11) is 1.97. The number of likely N-dealkylation sites (tertiary alicyclic amines) is 1. The summed E-state index contributed by atoms with van der Waals surface area (Å²) < 4.78 is 6.93. The summed E-state index contributed by atoms with van der Waals surface area (Å²) >= 11 is 0. The molecule has 0 aliphatic carbocycles. The second-order valence-electron chi connectivity index (χ2n) is 6.59. The fourth-order valence-electron chi connectivity index (χ4n) is 3.64. The molecular formula is C17H25N5O2. The van der Waals surface area contributed by atoms with Crippen molar-refractivity contribution in [2.75, 3.05) is 11.9 Å². The van der Waals surface area contributed by atoms with E-state index in [1.807, 2.05) is 25.6 Å². The lowest BCUT2D eigenvalue weighted by atomic mass is 10.0. The smallest absolute Gasteiger partial charge is 0.242 e. The van der Waals surface area contributed by atoms with Gasteiger partial charge in [0.2, 0.25) is 5.91 Å². The maximum Gasteiger partial charge on any atom is 0.242 e. The summed E-state index contributed by atoms with van der Waals surface area (Å²) in [5.41, 5.74) is 3.47. The van der Waals surface area contributed by atoms with Crippen LogP contribution in [-0.2, 0) is 11.8 Å². The van der Waals surface area contributed by atoms with Crippen molar-refractivity contribution in [3.05, 3.63) is 28.8 Å². The molecule has 0 bridgehead atoms. The number of hydrogen-bond donors (Lipinski definition) is 1. The van der Waals surface area contributed by atoms with Crippen LogP contribution < -0.4 is 5.32 Å². The van der Waals surface area contributed by atoms with Crippen molar-refractivity contribution >= 4 is 11.7 Å². The highest BCUT2D eigenvalue weighted by Gasteiger charge is 2.35. The lowest BCUT2D eigenvalue weighted by Gasteiger charge is -2.30. The zero-order valence-corrected chi connectivity index (χ0v) is 15.0. The first-order chi connectivity index (χ1) is 11.4. The average molecular weight is 331 g/mol. The third-order valence-electron chi connectivity index (χ3n) is 4.95. The third-order valence-corrected chi connectivity index (χ3v) is 4.95. The van der Waals surface area contributed by atoms with E-state index in [4.69, 9.17) is 4.52 Å². The molecule has 1 N–H and O–H groups in total. The monoisotopic (exact) mass is 331 g/mol. The first-order valence-electron chi connectivity index (χ1n) is 8.38. The van der Waals surface area contributed by atoms with Crippen LogP contribution in [0.1, 0.15) is 48.5 Å². The van der Waals surface area contributed by atoms with Gasteiger partial charge >= 0.3 is 0 Å². The fraction of sp³-hybridized carbons (Fsp3) is 0.588. The molecule has 24 heavy (non-hydrogen) atoms. The third kappa shape index (κ3) is 2.96. The molecule has 0 radical (unpaired) electrons. The second kappa shape index (κ2) is 6.39. The molecule has 0 unspecified atom stereocenters. The van der Waals surface area contributed by atoms with Crippen molar-refractivity contribution in [3.8, 4) is 0 Å². The van der Waals surface area contributed by atoms with E-state index in [0.29, 0.717) is 11.6 Å². The molecule has 2 aromatic rings. The van der Waals surface area contributed by atoms with Gasteiger partial charge < -0.3 is 9.84 Å². The summed E-state index contributed by atoms with van der Waals surface area (Å²) in [6.07, 6.45) is 2.13. The normalized spacial score (nSPS) is 19.6. The van der Waals surface area contributed by atoms with E-state index >= 15 is 0 Å². The number of nitrogens with zero attached hydrogens (tertiary/aromatic N) is 4. The van der Waals surface area contributed by atoms with E-state index in [1.54, 1.807) is 13.0 Å². The molecular weight excluding hydrogens is 306 g/mol. The van der Waals surface area contributed by atoms with Gasteiger partial charge in [0.05, 0.1) is 11.7 Å². The van der Waals surface area contributed by atoms with Crippen molar-refractivity contribution in [1.82, 2.24) is 19.8 Å². The molecule has 2 atom stereocenters. The number of aromatic nitrogens is 3. The number of carbonyl (C=O) groups excluding carboxylic acids is 1. The standard InChI is InChI=1S/C17H25N5O2/c1-10-9-15(20-24-10)18-17(23)13(4)22-8-6-7-14(22)16-11(2)19-21(5)12(16)3/h9,13-14H,6-8H2,1-5H3,(H,18,20,23)/t13-,14-/m0/s1. The van der Waals surface area contributed by atoms with Gasteiger partial charge in [-0.1, -0.05) is 5.16 Å². The first-order valence-corrected chi connectivity index (χ1v) is 8.38. The number of carbonyl (C=O) groups is 1. The predicted octanol–water partition coefficient (Wildman–Crippen LogP) is 2.50. The number of hydrogen-bond acceptors (Lipinski definition) is 5. The van der Waals surface area contributed by atoms with E-state index < -0.39 is 0 Å². The Balaban J connectivity index is 1.78. The summed E-state index contributed by atoms with van der Waals surface area (Å²) in [5.74, 6) is 1.09. The van der Waals surface area contributed by atoms with Crippen LogP contribution >= 0.6 is 0 Å². The van der Waals surface area contributed by atoms with Gasteiger partial charge in [0.25, 0.3) is 0 Å². The van der Waals surface area contributed by atoms with Gasteiger partial charge in [-0.05, 0) is 47.1 Å². The first kappa shape index (κ1) is 16.7. The van der Waals surface area contributed by atoms with Crippen LogP contribution in [-0.4, -0.2) is 38.3 Å². The van der Waals surface area contributed by atoms with Gasteiger partial charge in [-0.2, -0.15) is 5.10 Å². The summed E-state index contributed by atoms with van der Waals surface area (Å²) in [4.78, 5) is 14.9. The van der Waals surface area contributed by atoms with Gasteiger partial charge in [0.1, 0.15) is 5.76 Å². The minimum absolute atomic E-state index is 0.0607. The summed E-state index contributed by atoms with van der Waals surface area (Å²) in [5, 5.41) is 11.2. The van der Waals surface area contributed by atoms with E-state index in [0.717, 1.165) is 25.1 Å². The van der Waals surface area contributed by atoms with Crippen LogP contribution in [0.2, 0.25) is 0 Å². The van der Waals surface area contributed by atoms with Crippen LogP contribution in [0.5, 0.6) is 0 Å². The van der Waals surface area contributed by atoms with Gasteiger partial charge in [0, 0.05) is 30.4 Å². The molecule has 0 saturated carbocycles. The zero-order chi connectivity index (χ0) is 17.4. The minimum Gasteiger partial charge on any atom is -0.360 e. The predicted molar refractivity (Wildman–Crippen MR) is 90.7 cm³/mol. The molecule has 1 aliphatic rings. The second-order valence-corrected chi connectivity index (χ2v) is 6.59. The van der Waals surface area contributed by atoms with E-state index in [1.165, 1.54) is 11.3 Å². The van der Waals surface area contributed by atoms with E-state index in [9.17, 15) is 4.79 Å². The Morgan fingerprint density at radius 3 is 2.75 bits per heavy atom. The quantitative estimate of drug-likeness (QED) is 0.931. The highest BCUT2D eigenvalue weighted by molar-refractivity contribution is 5.93. The van der Waals surface area contributed by atoms with E-state index in [2.05, 4.69) is 27.4 Å². The molecule has 0 spiro atoms. The summed E-state index contributed by atoms with van der Waals surface area (Å²) in [6.45, 7) is 8.79. The van der Waals surface area contributed by atoms with Crippen LogP contribution in [0, 0.1) is 20.8 Å². The maximum absolute atomic E-state index is 12.6. The Morgan fingerprint density at radius 2 is 2.17 bits per heavy atom. The topological polar surface area (TPSA) is 76.2 Å². The molecule has 7 heteroatoms. The Labute approximate surface area is 142 Å². The maximum atomic E-state index is 12.6. The number of aryl methyl sites for hydroxylation is 3. The Hall–Kier alpha value is -2.15. The lowest BCUT2D eigenvalue weighted by molar-refractivity contribution is -0.121. The highest BCUT2D eigenvalue weighted by Crippen LogP contribution is 2.36. The largest absolute Gasteiger partial charge is 0.360 e. The van der Waals surface area contributed by atoms with E-state index in [-0.39, 0.29) is 18.0 Å². The van der Waals surface area contributed by atoms with Crippen LogP contribution in [0.3, 0.4) is 0 Å². The molecule has 7 nitrogen and oxygen atoms in total. The molecule has 2 aromatic heterocycles. The fourth-order valence-corrected chi connectivity index (χ4v) is 3.64. The van der Waals surface area contributed by atoms with Crippen LogP contribution in [0.15, 0.2) is 10.6 Å². The van der Waals surface area contributed by atoms with Gasteiger partial charge in [-0.3, -0.25) is 14.4 Å². The zero-order valence-electron chi connectivity index (χ0n) is 15.0. The van der Waals surface area contributed by atoms with Gasteiger partial charge in [-0.15, -0.1) is 0 Å². The molecule has 1 fully saturated rings. The van der Waals surface area contributed by atoms with Crippen molar-refractivity contribution in [2.24, 2.45) is 7.05 Å². The highest BCUT2D eigenvalue weighted by atomic mass is 16.5. The van der Waals surface area contributed by atoms with Crippen LogP contribution in [0.25, 0.3) is 0 Å². The Kier molecular flexibility index (Phi) is 4.45. The molecule has 1 amide bonds. The van der Waals surface area contributed by atoms with Crippen molar-refractivity contribution < 1.29 is 9.32 Å². The SMILES string of the molecule is Cc1cc(NC(=O)[C@H](C)N2CCC[C@H]2c2c(C)nn(C)c2C)no1. The molecule has 1 aliphatic heterocycles. The molecule has 0 aromatic carbocycles. The average Bonchev–Trinajstić information content (AvgIpc) is 3.20. The number of nitrogens with one attached hydrogen (secondary N) is 1. The Morgan fingerprint density at radius 1 is 1.42 bits per heavy atom. The summed E-state index contributed by atoms with van der Waals surface area (Å²) in [6, 6.07) is 1.72. The van der Waals surface area contributed by atoms with Crippen LogP contribution in [0.4, 0.5) is 5.82 Å². The van der Waals surface area contributed by atoms with Crippen molar-refractivity contribution in [1.29, 1.82) is 0 Å².